The van der Waals surface area contributed by atoms with Crippen LogP contribution in [0.5, 0.6) is 23.0 Å². The van der Waals surface area contributed by atoms with Crippen LogP contribution in [0.4, 0.5) is 0 Å². The van der Waals surface area contributed by atoms with E-state index in [0.29, 0.717) is 22.6 Å². The number of benzene rings is 2. The molecule has 126 valence electrons. The predicted octanol–water partition coefficient (Wildman–Crippen LogP) is 2.87. The molecule has 2 aromatic carbocycles. The molecule has 5 heteroatoms. The van der Waals surface area contributed by atoms with Crippen molar-refractivity contribution >= 4 is 0 Å². The Morgan fingerprint density at radius 3 is 2.42 bits per heavy atom. The van der Waals surface area contributed by atoms with Crippen LogP contribution in [0, 0.1) is 0 Å². The highest BCUT2D eigenvalue weighted by molar-refractivity contribution is 5.88. The maximum absolute atomic E-state index is 10.8. The molecule has 0 saturated carbocycles. The molecule has 1 aliphatic heterocycles. The molecule has 0 amide bonds. The Labute approximate surface area is 141 Å². The first-order valence-electron chi connectivity index (χ1n) is 8.09. The summed E-state index contributed by atoms with van der Waals surface area (Å²) in [7, 11) is 5.19. The Bertz CT molecular complexity index is 831. The second-order valence-electron chi connectivity index (χ2n) is 6.48. The summed E-state index contributed by atoms with van der Waals surface area (Å²) < 4.78 is 10.6. The standard InChI is InChI=1S/C19H21NO4/c1-20-7-6-11-9-14(24-3)19(22)17-15(11)12(20)8-10-4-5-13(23-2)18(21)16(10)17/h4-5,9,12,21-22H,6-8H2,1-3H3/t12-/m0/s1. The Morgan fingerprint density at radius 1 is 1.00 bits per heavy atom. The zero-order valence-corrected chi connectivity index (χ0v) is 14.1. The van der Waals surface area contributed by atoms with E-state index in [1.54, 1.807) is 13.2 Å². The molecule has 0 aromatic heterocycles. The molecule has 1 atom stereocenters. The number of phenolic OH excluding ortho intramolecular Hbond substituents is 2. The van der Waals surface area contributed by atoms with E-state index < -0.39 is 0 Å². The molecule has 4 rings (SSSR count). The van der Waals surface area contributed by atoms with Gasteiger partial charge in [-0.05, 0) is 48.7 Å². The van der Waals surface area contributed by atoms with Crippen molar-refractivity contribution in [3.05, 3.63) is 34.9 Å². The smallest absolute Gasteiger partial charge is 0.166 e. The fraction of sp³-hybridized carbons (Fsp3) is 0.368. The number of nitrogens with zero attached hydrogens (tertiary/aromatic N) is 1. The molecular formula is C19H21NO4. The summed E-state index contributed by atoms with van der Waals surface area (Å²) in [6, 6.07) is 5.87. The van der Waals surface area contributed by atoms with E-state index in [4.69, 9.17) is 9.47 Å². The van der Waals surface area contributed by atoms with Gasteiger partial charge in [0.2, 0.25) is 0 Å². The van der Waals surface area contributed by atoms with Gasteiger partial charge in [0, 0.05) is 23.7 Å². The third-order valence-corrected chi connectivity index (χ3v) is 5.32. The zero-order chi connectivity index (χ0) is 17.0. The largest absolute Gasteiger partial charge is 0.504 e. The predicted molar refractivity (Wildman–Crippen MR) is 91.1 cm³/mol. The summed E-state index contributed by atoms with van der Waals surface area (Å²) >= 11 is 0. The van der Waals surface area contributed by atoms with Gasteiger partial charge in [-0.2, -0.15) is 0 Å². The third kappa shape index (κ3) is 1.91. The second-order valence-corrected chi connectivity index (χ2v) is 6.48. The highest BCUT2D eigenvalue weighted by Gasteiger charge is 2.37. The maximum atomic E-state index is 10.8. The van der Waals surface area contributed by atoms with E-state index >= 15 is 0 Å². The van der Waals surface area contributed by atoms with Gasteiger partial charge in [-0.3, -0.25) is 4.90 Å². The first-order chi connectivity index (χ1) is 11.6. The zero-order valence-electron chi connectivity index (χ0n) is 14.1. The first kappa shape index (κ1) is 15.1. The minimum absolute atomic E-state index is 0.0763. The lowest BCUT2D eigenvalue weighted by molar-refractivity contribution is 0.226. The molecule has 1 heterocycles. The highest BCUT2D eigenvalue weighted by atomic mass is 16.5. The maximum Gasteiger partial charge on any atom is 0.166 e. The number of hydrogen-bond acceptors (Lipinski definition) is 5. The Morgan fingerprint density at radius 2 is 1.71 bits per heavy atom. The molecule has 2 aliphatic rings. The SMILES string of the molecule is COc1ccc2c(c1O)-c1c(O)c(OC)cc3c1[C@H](C2)N(C)CC3. The van der Waals surface area contributed by atoms with Gasteiger partial charge in [0.15, 0.2) is 23.0 Å². The van der Waals surface area contributed by atoms with Gasteiger partial charge >= 0.3 is 0 Å². The van der Waals surface area contributed by atoms with Crippen LogP contribution in [0.3, 0.4) is 0 Å². The molecule has 0 spiro atoms. The van der Waals surface area contributed by atoms with E-state index in [9.17, 15) is 10.2 Å². The number of ether oxygens (including phenoxy) is 2. The van der Waals surface area contributed by atoms with E-state index in [2.05, 4.69) is 11.9 Å². The fourth-order valence-corrected chi connectivity index (χ4v) is 4.08. The average molecular weight is 327 g/mol. The van der Waals surface area contributed by atoms with Gasteiger partial charge in [0.05, 0.1) is 14.2 Å². The lowest BCUT2D eigenvalue weighted by Crippen LogP contribution is -2.35. The van der Waals surface area contributed by atoms with Crippen LogP contribution < -0.4 is 9.47 Å². The summed E-state index contributed by atoms with van der Waals surface area (Å²) in [6.45, 7) is 0.961. The van der Waals surface area contributed by atoms with Crippen LogP contribution in [-0.4, -0.2) is 42.9 Å². The van der Waals surface area contributed by atoms with E-state index in [1.807, 2.05) is 12.1 Å². The number of methoxy groups -OCH3 is 2. The molecule has 1 aliphatic carbocycles. The topological polar surface area (TPSA) is 62.2 Å². The van der Waals surface area contributed by atoms with Crippen molar-refractivity contribution in [3.63, 3.8) is 0 Å². The third-order valence-electron chi connectivity index (χ3n) is 5.32. The number of hydrogen-bond donors (Lipinski definition) is 2. The summed E-state index contributed by atoms with van der Waals surface area (Å²) in [5.74, 6) is 1.02. The highest BCUT2D eigenvalue weighted by Crippen LogP contribution is 2.55. The van der Waals surface area contributed by atoms with E-state index in [-0.39, 0.29) is 17.5 Å². The van der Waals surface area contributed by atoms with Crippen molar-refractivity contribution in [2.45, 2.75) is 18.9 Å². The van der Waals surface area contributed by atoms with E-state index in [1.165, 1.54) is 12.7 Å². The van der Waals surface area contributed by atoms with Crippen molar-refractivity contribution in [1.82, 2.24) is 4.90 Å². The Hall–Kier alpha value is -2.40. The Balaban J connectivity index is 2.10. The molecule has 0 fully saturated rings. The fourth-order valence-electron chi connectivity index (χ4n) is 4.08. The quantitative estimate of drug-likeness (QED) is 0.888. The van der Waals surface area contributed by atoms with Crippen molar-refractivity contribution in [1.29, 1.82) is 0 Å². The summed E-state index contributed by atoms with van der Waals surface area (Å²) in [5, 5.41) is 21.5. The van der Waals surface area contributed by atoms with Crippen molar-refractivity contribution < 1.29 is 19.7 Å². The molecule has 0 radical (unpaired) electrons. The van der Waals surface area contributed by atoms with Gasteiger partial charge in [0.25, 0.3) is 0 Å². The number of aromatic hydroxyl groups is 2. The molecule has 0 bridgehead atoms. The van der Waals surface area contributed by atoms with Gasteiger partial charge in [0.1, 0.15) is 0 Å². The molecule has 2 aromatic rings. The van der Waals surface area contributed by atoms with Crippen LogP contribution in [-0.2, 0) is 12.8 Å². The number of phenols is 2. The molecular weight excluding hydrogens is 306 g/mol. The van der Waals surface area contributed by atoms with Gasteiger partial charge in [-0.15, -0.1) is 0 Å². The van der Waals surface area contributed by atoms with Crippen molar-refractivity contribution in [2.24, 2.45) is 0 Å². The average Bonchev–Trinajstić information content (AvgIpc) is 2.59. The van der Waals surface area contributed by atoms with Crippen LogP contribution in [0.2, 0.25) is 0 Å². The van der Waals surface area contributed by atoms with Crippen molar-refractivity contribution in [3.8, 4) is 34.1 Å². The van der Waals surface area contributed by atoms with Crippen LogP contribution in [0.1, 0.15) is 22.7 Å². The van der Waals surface area contributed by atoms with Crippen LogP contribution in [0.25, 0.3) is 11.1 Å². The minimum atomic E-state index is 0.0763. The second kappa shape index (κ2) is 5.31. The first-order valence-corrected chi connectivity index (χ1v) is 8.09. The summed E-state index contributed by atoms with van der Waals surface area (Å²) in [6.07, 6.45) is 1.70. The number of likely N-dealkylation sites (N-methyl/N-ethyl adjacent to an activating group) is 1. The number of fused-ring (bicyclic) bond motifs is 2. The summed E-state index contributed by atoms with van der Waals surface area (Å²) in [4.78, 5) is 2.31. The number of rotatable bonds is 2. The minimum Gasteiger partial charge on any atom is -0.504 e. The lowest BCUT2D eigenvalue weighted by Gasteiger charge is -2.40. The van der Waals surface area contributed by atoms with Gasteiger partial charge in [-0.25, -0.2) is 0 Å². The monoisotopic (exact) mass is 327 g/mol. The van der Waals surface area contributed by atoms with Crippen LogP contribution >= 0.6 is 0 Å². The molecule has 0 unspecified atom stereocenters. The lowest BCUT2D eigenvalue weighted by atomic mass is 9.76. The molecule has 5 nitrogen and oxygen atoms in total. The van der Waals surface area contributed by atoms with Gasteiger partial charge < -0.3 is 19.7 Å². The Kier molecular flexibility index (Phi) is 3.35. The molecule has 24 heavy (non-hydrogen) atoms. The summed E-state index contributed by atoms with van der Waals surface area (Å²) in [5.41, 5.74) is 4.62. The van der Waals surface area contributed by atoms with E-state index in [0.717, 1.165) is 30.5 Å². The molecule has 2 N–H and O–H groups in total. The van der Waals surface area contributed by atoms with Crippen LogP contribution in [0.15, 0.2) is 18.2 Å². The van der Waals surface area contributed by atoms with Crippen molar-refractivity contribution in [2.75, 3.05) is 27.8 Å². The van der Waals surface area contributed by atoms with Gasteiger partial charge in [-0.1, -0.05) is 6.07 Å². The molecule has 0 saturated heterocycles. The normalized spacial score (nSPS) is 18.7.